The molecule has 94 valence electrons. The van der Waals surface area contributed by atoms with Crippen LogP contribution in [0.3, 0.4) is 0 Å². The van der Waals surface area contributed by atoms with Crippen molar-refractivity contribution in [3.63, 3.8) is 0 Å². The lowest BCUT2D eigenvalue weighted by Crippen LogP contribution is -2.22. The molecule has 1 aromatic rings. The molecule has 1 atom stereocenters. The highest BCUT2D eigenvalue weighted by Gasteiger charge is 2.15. The van der Waals surface area contributed by atoms with Crippen LogP contribution in [0.1, 0.15) is 43.7 Å². The molecule has 0 spiro atoms. The van der Waals surface area contributed by atoms with Crippen molar-refractivity contribution in [2.45, 2.75) is 45.6 Å². The Bertz CT molecular complexity index is 371. The van der Waals surface area contributed by atoms with Crippen molar-refractivity contribution in [2.75, 3.05) is 7.05 Å². The summed E-state index contributed by atoms with van der Waals surface area (Å²) in [6, 6.07) is 8.09. The summed E-state index contributed by atoms with van der Waals surface area (Å²) in [4.78, 5) is 4.26. The molecule has 0 unspecified atom stereocenters. The Balaban J connectivity index is 2.75. The summed E-state index contributed by atoms with van der Waals surface area (Å²) in [7, 11) is 1.75. The Labute approximate surface area is 104 Å². The highest BCUT2D eigenvalue weighted by atomic mass is 16.3. The van der Waals surface area contributed by atoms with E-state index in [1.165, 1.54) is 18.4 Å². The summed E-state index contributed by atoms with van der Waals surface area (Å²) in [5, 5.41) is 10.2. The summed E-state index contributed by atoms with van der Waals surface area (Å²) in [5.41, 5.74) is 3.06. The number of aliphatic imine (C=N–C) groups is 1. The first-order valence-electron chi connectivity index (χ1n) is 6.41. The lowest BCUT2D eigenvalue weighted by molar-refractivity contribution is 0.226. The van der Waals surface area contributed by atoms with Gasteiger partial charge in [0.25, 0.3) is 0 Å². The fraction of sp³-hybridized carbons (Fsp3) is 0.533. The number of benzene rings is 1. The first kappa shape index (κ1) is 13.9. The third-order valence-corrected chi connectivity index (χ3v) is 3.06. The smallest absolute Gasteiger partial charge is 0.0961 e. The molecule has 0 aromatic heterocycles. The van der Waals surface area contributed by atoms with E-state index in [4.69, 9.17) is 0 Å². The van der Waals surface area contributed by atoms with Crippen LogP contribution in [0.2, 0.25) is 0 Å². The van der Waals surface area contributed by atoms with E-state index in [0.717, 1.165) is 24.1 Å². The van der Waals surface area contributed by atoms with Gasteiger partial charge in [-0.2, -0.15) is 0 Å². The van der Waals surface area contributed by atoms with E-state index in [9.17, 15) is 5.11 Å². The van der Waals surface area contributed by atoms with E-state index in [-0.39, 0.29) is 0 Å². The average molecular weight is 233 g/mol. The average Bonchev–Trinajstić information content (AvgIpc) is 2.33. The number of rotatable bonds is 6. The normalized spacial score (nSPS) is 13.8. The quantitative estimate of drug-likeness (QED) is 0.593. The van der Waals surface area contributed by atoms with Gasteiger partial charge in [-0.1, -0.05) is 50.5 Å². The highest BCUT2D eigenvalue weighted by molar-refractivity contribution is 6.04. The molecule has 1 N–H and O–H groups in total. The maximum atomic E-state index is 10.2. The molecular weight excluding hydrogens is 210 g/mol. The topological polar surface area (TPSA) is 32.6 Å². The van der Waals surface area contributed by atoms with Crippen molar-refractivity contribution in [1.29, 1.82) is 0 Å². The van der Waals surface area contributed by atoms with Gasteiger partial charge in [0, 0.05) is 12.6 Å². The molecule has 0 saturated carbocycles. The molecule has 2 heteroatoms. The second-order valence-electron chi connectivity index (χ2n) is 4.44. The second-order valence-corrected chi connectivity index (χ2v) is 4.44. The summed E-state index contributed by atoms with van der Waals surface area (Å²) in [6.07, 6.45) is 3.77. The van der Waals surface area contributed by atoms with Gasteiger partial charge in [-0.05, 0) is 18.9 Å². The second kappa shape index (κ2) is 7.23. The van der Waals surface area contributed by atoms with E-state index in [1.807, 2.05) is 18.2 Å². The number of aliphatic hydroxyl groups is 1. The molecular formula is C15H23NO. The van der Waals surface area contributed by atoms with E-state index in [1.54, 1.807) is 7.05 Å². The van der Waals surface area contributed by atoms with Crippen LogP contribution < -0.4 is 0 Å². The predicted molar refractivity (Wildman–Crippen MR) is 73.8 cm³/mol. The molecule has 1 rings (SSSR count). The van der Waals surface area contributed by atoms with Crippen LogP contribution in [-0.2, 0) is 0 Å². The van der Waals surface area contributed by atoms with Crippen molar-refractivity contribution in [3.05, 3.63) is 35.4 Å². The van der Waals surface area contributed by atoms with Crippen molar-refractivity contribution in [2.24, 2.45) is 4.99 Å². The molecule has 0 radical (unpaired) electrons. The zero-order valence-corrected chi connectivity index (χ0v) is 11.1. The molecule has 0 aliphatic heterocycles. The van der Waals surface area contributed by atoms with Gasteiger partial charge in [-0.25, -0.2) is 0 Å². The maximum Gasteiger partial charge on any atom is 0.0961 e. The fourth-order valence-electron chi connectivity index (χ4n) is 2.03. The van der Waals surface area contributed by atoms with Gasteiger partial charge in [0.1, 0.15) is 0 Å². The largest absolute Gasteiger partial charge is 0.387 e. The van der Waals surface area contributed by atoms with Gasteiger partial charge in [-0.3, -0.25) is 4.99 Å². The Kier molecular flexibility index (Phi) is 5.92. The van der Waals surface area contributed by atoms with Crippen LogP contribution in [0.5, 0.6) is 0 Å². The molecule has 1 aromatic carbocycles. The minimum Gasteiger partial charge on any atom is -0.387 e. The molecule has 0 fully saturated rings. The minimum absolute atomic E-state index is 0.437. The third-order valence-electron chi connectivity index (χ3n) is 3.06. The number of unbranched alkanes of at least 4 members (excludes halogenated alkanes) is 2. The van der Waals surface area contributed by atoms with Crippen LogP contribution in [0.15, 0.2) is 29.3 Å². The summed E-state index contributed by atoms with van der Waals surface area (Å²) in [5.74, 6) is 0. The van der Waals surface area contributed by atoms with Crippen molar-refractivity contribution in [1.82, 2.24) is 0 Å². The van der Waals surface area contributed by atoms with Gasteiger partial charge in [0.05, 0.1) is 11.8 Å². The molecule has 0 aliphatic carbocycles. The van der Waals surface area contributed by atoms with Crippen LogP contribution in [-0.4, -0.2) is 24.0 Å². The Hall–Kier alpha value is -1.15. The first-order chi connectivity index (χ1) is 8.20. The zero-order valence-electron chi connectivity index (χ0n) is 11.1. The number of nitrogens with zero attached hydrogens (tertiary/aromatic N) is 1. The predicted octanol–water partition coefficient (Wildman–Crippen LogP) is 3.36. The van der Waals surface area contributed by atoms with Gasteiger partial charge in [0.2, 0.25) is 0 Å². The summed E-state index contributed by atoms with van der Waals surface area (Å²) < 4.78 is 0. The Morgan fingerprint density at radius 3 is 2.59 bits per heavy atom. The van der Waals surface area contributed by atoms with Crippen molar-refractivity contribution in [3.8, 4) is 0 Å². The van der Waals surface area contributed by atoms with Gasteiger partial charge >= 0.3 is 0 Å². The molecule has 0 bridgehead atoms. The van der Waals surface area contributed by atoms with Crippen LogP contribution in [0.4, 0.5) is 0 Å². The molecule has 0 aliphatic rings. The monoisotopic (exact) mass is 233 g/mol. The molecule has 2 nitrogen and oxygen atoms in total. The van der Waals surface area contributed by atoms with Crippen LogP contribution in [0, 0.1) is 6.92 Å². The number of hydrogen-bond acceptors (Lipinski definition) is 2. The fourth-order valence-corrected chi connectivity index (χ4v) is 2.03. The van der Waals surface area contributed by atoms with E-state index >= 15 is 0 Å². The number of aliphatic hydroxyl groups excluding tert-OH is 1. The van der Waals surface area contributed by atoms with Gasteiger partial charge in [-0.15, -0.1) is 0 Å². The van der Waals surface area contributed by atoms with Crippen LogP contribution >= 0.6 is 0 Å². The number of aryl methyl sites for hydroxylation is 1. The third kappa shape index (κ3) is 3.97. The van der Waals surface area contributed by atoms with E-state index in [0.29, 0.717) is 0 Å². The SMILES string of the molecule is CCCCC[C@H](O)/C(=N/C)c1ccccc1C. The van der Waals surface area contributed by atoms with Gasteiger partial charge < -0.3 is 5.11 Å². The Morgan fingerprint density at radius 2 is 2.00 bits per heavy atom. The number of hydrogen-bond donors (Lipinski definition) is 1. The standard InChI is InChI=1S/C15H23NO/c1-4-5-6-11-14(17)15(16-3)13-10-8-7-9-12(13)2/h7-10,14,17H,4-6,11H2,1-3H3/b16-15+/t14-/m0/s1. The first-order valence-corrected chi connectivity index (χ1v) is 6.41. The molecule has 0 amide bonds. The van der Waals surface area contributed by atoms with Crippen LogP contribution in [0.25, 0.3) is 0 Å². The maximum absolute atomic E-state index is 10.2. The molecule has 0 saturated heterocycles. The highest BCUT2D eigenvalue weighted by Crippen LogP contribution is 2.14. The molecule has 17 heavy (non-hydrogen) atoms. The minimum atomic E-state index is -0.437. The Morgan fingerprint density at radius 1 is 1.29 bits per heavy atom. The lowest BCUT2D eigenvalue weighted by atomic mass is 9.97. The van der Waals surface area contributed by atoms with Gasteiger partial charge in [0.15, 0.2) is 0 Å². The van der Waals surface area contributed by atoms with Crippen molar-refractivity contribution < 1.29 is 5.11 Å². The van der Waals surface area contributed by atoms with E-state index < -0.39 is 6.10 Å². The summed E-state index contributed by atoms with van der Waals surface area (Å²) >= 11 is 0. The van der Waals surface area contributed by atoms with Crippen molar-refractivity contribution >= 4 is 5.71 Å². The zero-order chi connectivity index (χ0) is 12.7. The lowest BCUT2D eigenvalue weighted by Gasteiger charge is -2.15. The molecule has 0 heterocycles. The van der Waals surface area contributed by atoms with E-state index in [2.05, 4.69) is 24.9 Å². The summed E-state index contributed by atoms with van der Waals surface area (Å²) in [6.45, 7) is 4.22.